The van der Waals surface area contributed by atoms with E-state index in [9.17, 15) is 14.8 Å². The molecule has 0 saturated heterocycles. The van der Waals surface area contributed by atoms with Crippen molar-refractivity contribution in [2.45, 2.75) is 6.54 Å². The molecule has 0 aliphatic rings. The van der Waals surface area contributed by atoms with Crippen LogP contribution >= 0.6 is 0 Å². The number of carbonyl (C=O) groups excluding carboxylic acids is 2. The molecule has 1 heterocycles. The smallest absolute Gasteiger partial charge is 0.411 e. The number of hydrogen-bond acceptors (Lipinski definition) is 4. The van der Waals surface area contributed by atoms with E-state index in [0.717, 1.165) is 5.56 Å². The van der Waals surface area contributed by atoms with E-state index in [2.05, 4.69) is 15.4 Å². The molecule has 7 heteroatoms. The van der Waals surface area contributed by atoms with Crippen molar-refractivity contribution in [3.8, 4) is 0 Å². The summed E-state index contributed by atoms with van der Waals surface area (Å²) in [7, 11) is 1.29. The molecule has 2 rings (SSSR count). The summed E-state index contributed by atoms with van der Waals surface area (Å²) in [6.07, 6.45) is 1.99. The van der Waals surface area contributed by atoms with Gasteiger partial charge in [0.15, 0.2) is 12.4 Å². The number of anilines is 1. The SMILES string of the molecule is COC(=O)Nc1ccc(CNC(=O)c2cc[n+]([O-])cc2)cc1. The molecule has 0 bridgehead atoms. The first-order chi connectivity index (χ1) is 10.6. The first-order valence-electron chi connectivity index (χ1n) is 6.49. The quantitative estimate of drug-likeness (QED) is 0.659. The zero-order chi connectivity index (χ0) is 15.9. The monoisotopic (exact) mass is 301 g/mol. The van der Waals surface area contributed by atoms with Gasteiger partial charge in [-0.25, -0.2) is 4.79 Å². The van der Waals surface area contributed by atoms with Gasteiger partial charge in [0.05, 0.1) is 12.7 Å². The van der Waals surface area contributed by atoms with Gasteiger partial charge in [0.2, 0.25) is 0 Å². The molecule has 0 aliphatic carbocycles. The first-order valence-corrected chi connectivity index (χ1v) is 6.49. The van der Waals surface area contributed by atoms with Gasteiger partial charge in [-0.2, -0.15) is 4.73 Å². The van der Waals surface area contributed by atoms with Gasteiger partial charge in [0.25, 0.3) is 5.91 Å². The highest BCUT2D eigenvalue weighted by Crippen LogP contribution is 2.10. The number of methoxy groups -OCH3 is 1. The van der Waals surface area contributed by atoms with Crippen LogP contribution < -0.4 is 15.4 Å². The summed E-state index contributed by atoms with van der Waals surface area (Å²) in [6, 6.07) is 9.88. The molecule has 114 valence electrons. The first kappa shape index (κ1) is 15.3. The Labute approximate surface area is 127 Å². The highest BCUT2D eigenvalue weighted by Gasteiger charge is 2.06. The molecular weight excluding hydrogens is 286 g/mol. The minimum atomic E-state index is -0.541. The normalized spacial score (nSPS) is 9.86. The van der Waals surface area contributed by atoms with Crippen LogP contribution in [0.1, 0.15) is 15.9 Å². The molecule has 0 fully saturated rings. The molecule has 22 heavy (non-hydrogen) atoms. The number of amides is 2. The van der Waals surface area contributed by atoms with Crippen molar-refractivity contribution in [1.82, 2.24) is 5.32 Å². The molecule has 0 radical (unpaired) electrons. The summed E-state index contributed by atoms with van der Waals surface area (Å²) in [5.41, 5.74) is 1.89. The van der Waals surface area contributed by atoms with Crippen molar-refractivity contribution >= 4 is 17.7 Å². The molecule has 0 saturated carbocycles. The lowest BCUT2D eigenvalue weighted by Crippen LogP contribution is -2.27. The summed E-state index contributed by atoms with van der Waals surface area (Å²) in [5.74, 6) is -0.266. The molecule has 2 N–H and O–H groups in total. The van der Waals surface area contributed by atoms with Crippen LogP contribution in [0, 0.1) is 5.21 Å². The Morgan fingerprint density at radius 3 is 2.36 bits per heavy atom. The number of pyridine rings is 1. The lowest BCUT2D eigenvalue weighted by Gasteiger charge is -2.07. The molecular formula is C15H15N3O4. The molecule has 2 aromatic rings. The largest absolute Gasteiger partial charge is 0.619 e. The van der Waals surface area contributed by atoms with E-state index in [0.29, 0.717) is 22.5 Å². The Kier molecular flexibility index (Phi) is 4.92. The van der Waals surface area contributed by atoms with Gasteiger partial charge >= 0.3 is 6.09 Å². The molecule has 7 nitrogen and oxygen atoms in total. The second-order valence-corrected chi connectivity index (χ2v) is 4.44. The van der Waals surface area contributed by atoms with E-state index < -0.39 is 6.09 Å². The number of nitrogens with zero attached hydrogens (tertiary/aromatic N) is 1. The van der Waals surface area contributed by atoms with Crippen molar-refractivity contribution in [3.63, 3.8) is 0 Å². The van der Waals surface area contributed by atoms with Gasteiger partial charge < -0.3 is 15.3 Å². The van der Waals surface area contributed by atoms with E-state index in [1.54, 1.807) is 24.3 Å². The van der Waals surface area contributed by atoms with Crippen LogP contribution in [0.4, 0.5) is 10.5 Å². The Balaban J connectivity index is 1.90. The Morgan fingerprint density at radius 1 is 1.14 bits per heavy atom. The van der Waals surface area contributed by atoms with E-state index >= 15 is 0 Å². The molecule has 0 spiro atoms. The van der Waals surface area contributed by atoms with Crippen LogP contribution in [-0.4, -0.2) is 19.1 Å². The Hall–Kier alpha value is -3.09. The summed E-state index contributed by atoms with van der Waals surface area (Å²) < 4.78 is 5.10. The predicted molar refractivity (Wildman–Crippen MR) is 79.0 cm³/mol. The highest BCUT2D eigenvalue weighted by atomic mass is 16.5. The minimum Gasteiger partial charge on any atom is -0.619 e. The number of rotatable bonds is 4. The number of benzene rings is 1. The Morgan fingerprint density at radius 2 is 1.77 bits per heavy atom. The topological polar surface area (TPSA) is 94.4 Å². The van der Waals surface area contributed by atoms with Crippen LogP contribution in [0.25, 0.3) is 0 Å². The van der Waals surface area contributed by atoms with Gasteiger partial charge in [-0.15, -0.1) is 0 Å². The van der Waals surface area contributed by atoms with Crippen LogP contribution in [0.5, 0.6) is 0 Å². The van der Waals surface area contributed by atoms with Crippen LogP contribution in [0.15, 0.2) is 48.8 Å². The van der Waals surface area contributed by atoms with Gasteiger partial charge in [-0.3, -0.25) is 10.1 Å². The second kappa shape index (κ2) is 7.07. The van der Waals surface area contributed by atoms with Crippen molar-refractivity contribution in [2.75, 3.05) is 12.4 Å². The van der Waals surface area contributed by atoms with E-state index in [4.69, 9.17) is 0 Å². The number of aromatic nitrogens is 1. The fraction of sp³-hybridized carbons (Fsp3) is 0.133. The molecule has 2 amide bonds. The number of carbonyl (C=O) groups is 2. The maximum absolute atomic E-state index is 11.9. The zero-order valence-electron chi connectivity index (χ0n) is 11.9. The number of ether oxygens (including phenoxy) is 1. The maximum atomic E-state index is 11.9. The van der Waals surface area contributed by atoms with Gasteiger partial charge in [-0.1, -0.05) is 12.1 Å². The number of hydrogen-bond donors (Lipinski definition) is 2. The minimum absolute atomic E-state index is 0.266. The fourth-order valence-electron chi connectivity index (χ4n) is 1.72. The van der Waals surface area contributed by atoms with E-state index in [-0.39, 0.29) is 5.91 Å². The van der Waals surface area contributed by atoms with Gasteiger partial charge in [0.1, 0.15) is 0 Å². The standard InChI is InChI=1S/C15H15N3O4/c1-22-15(20)17-13-4-2-11(3-5-13)10-16-14(19)12-6-8-18(21)9-7-12/h2-9H,10H2,1H3,(H,16,19)(H,17,20). The molecule has 1 aromatic carbocycles. The predicted octanol–water partition coefficient (Wildman–Crippen LogP) is 1.43. The van der Waals surface area contributed by atoms with E-state index in [1.807, 2.05) is 0 Å². The lowest BCUT2D eigenvalue weighted by atomic mass is 10.2. The van der Waals surface area contributed by atoms with Crippen molar-refractivity contribution < 1.29 is 19.1 Å². The Bertz CT molecular complexity index is 653. The van der Waals surface area contributed by atoms with E-state index in [1.165, 1.54) is 31.6 Å². The van der Waals surface area contributed by atoms with Crippen molar-refractivity contribution in [1.29, 1.82) is 0 Å². The van der Waals surface area contributed by atoms with Crippen LogP contribution in [0.2, 0.25) is 0 Å². The van der Waals surface area contributed by atoms with Crippen molar-refractivity contribution in [3.05, 3.63) is 65.1 Å². The highest BCUT2D eigenvalue weighted by molar-refractivity contribution is 5.93. The third-order valence-electron chi connectivity index (χ3n) is 2.90. The zero-order valence-corrected chi connectivity index (χ0v) is 11.9. The van der Waals surface area contributed by atoms with Crippen LogP contribution in [0.3, 0.4) is 0 Å². The third-order valence-corrected chi connectivity index (χ3v) is 2.90. The molecule has 0 aliphatic heterocycles. The molecule has 1 aromatic heterocycles. The average Bonchev–Trinajstić information content (AvgIpc) is 2.54. The summed E-state index contributed by atoms with van der Waals surface area (Å²) in [4.78, 5) is 22.9. The maximum Gasteiger partial charge on any atom is 0.411 e. The van der Waals surface area contributed by atoms with Crippen LogP contribution in [-0.2, 0) is 11.3 Å². The van der Waals surface area contributed by atoms with Crippen molar-refractivity contribution in [2.24, 2.45) is 0 Å². The summed E-state index contributed by atoms with van der Waals surface area (Å²) >= 11 is 0. The average molecular weight is 301 g/mol. The third kappa shape index (κ3) is 4.20. The van der Waals surface area contributed by atoms with Gasteiger partial charge in [0, 0.05) is 24.4 Å². The van der Waals surface area contributed by atoms with Gasteiger partial charge in [-0.05, 0) is 17.7 Å². The summed E-state index contributed by atoms with van der Waals surface area (Å²) in [6.45, 7) is 0.337. The lowest BCUT2D eigenvalue weighted by molar-refractivity contribution is -0.605. The molecule has 0 atom stereocenters. The summed E-state index contributed by atoms with van der Waals surface area (Å²) in [5, 5.41) is 16.2. The number of nitrogens with one attached hydrogen (secondary N) is 2. The molecule has 0 unspecified atom stereocenters. The fourth-order valence-corrected chi connectivity index (χ4v) is 1.72. The second-order valence-electron chi connectivity index (χ2n) is 4.44.